The van der Waals surface area contributed by atoms with Gasteiger partial charge in [-0.05, 0) is 6.42 Å². The minimum atomic E-state index is 0.708. The van der Waals surface area contributed by atoms with Gasteiger partial charge in [-0.3, -0.25) is 0 Å². The van der Waals surface area contributed by atoms with Gasteiger partial charge in [0, 0.05) is 13.7 Å². The van der Waals surface area contributed by atoms with E-state index in [0.29, 0.717) is 6.61 Å². The highest BCUT2D eigenvalue weighted by molar-refractivity contribution is 4.26. The first-order valence-corrected chi connectivity index (χ1v) is 2.98. The fraction of sp³-hybridized carbons (Fsp3) is 1.00. The molecule has 0 amide bonds. The Balaban J connectivity index is 2.53. The van der Waals surface area contributed by atoms with E-state index in [-0.39, 0.29) is 0 Å². The molecule has 0 aromatic rings. The monoisotopic (exact) mass is 118 g/mol. The van der Waals surface area contributed by atoms with Crippen molar-refractivity contribution in [1.82, 2.24) is 0 Å². The van der Waals surface area contributed by atoms with E-state index < -0.39 is 0 Å². The molecule has 0 N–H and O–H groups in total. The topological polar surface area (TPSA) is 18.5 Å². The smallest absolute Gasteiger partial charge is 0.0700 e. The van der Waals surface area contributed by atoms with Crippen LogP contribution in [0.25, 0.3) is 0 Å². The fourth-order valence-electron chi connectivity index (χ4n) is 0.389. The SMILES string of the molecule is CCCOCCOC. The van der Waals surface area contributed by atoms with Crippen molar-refractivity contribution in [3.63, 3.8) is 0 Å². The molecule has 0 saturated carbocycles. The molecule has 0 saturated heterocycles. The van der Waals surface area contributed by atoms with Crippen LogP contribution in [0.3, 0.4) is 0 Å². The molecule has 0 aromatic heterocycles. The molecule has 0 aliphatic rings. The van der Waals surface area contributed by atoms with Crippen molar-refractivity contribution in [2.75, 3.05) is 26.9 Å². The molecule has 0 aliphatic heterocycles. The first kappa shape index (κ1) is 7.92. The van der Waals surface area contributed by atoms with Crippen molar-refractivity contribution in [2.24, 2.45) is 0 Å². The zero-order chi connectivity index (χ0) is 6.24. The van der Waals surface area contributed by atoms with Gasteiger partial charge in [0.2, 0.25) is 0 Å². The summed E-state index contributed by atoms with van der Waals surface area (Å²) in [5.74, 6) is 0. The highest BCUT2D eigenvalue weighted by Gasteiger charge is 1.81. The van der Waals surface area contributed by atoms with Crippen molar-refractivity contribution < 1.29 is 9.47 Å². The van der Waals surface area contributed by atoms with Crippen LogP contribution >= 0.6 is 0 Å². The van der Waals surface area contributed by atoms with Crippen LogP contribution in [0.5, 0.6) is 0 Å². The Morgan fingerprint density at radius 1 is 1.12 bits per heavy atom. The molecule has 2 heteroatoms. The van der Waals surface area contributed by atoms with Crippen LogP contribution in [0.2, 0.25) is 0 Å². The number of ether oxygens (including phenoxy) is 2. The van der Waals surface area contributed by atoms with Crippen LogP contribution in [0, 0.1) is 0 Å². The van der Waals surface area contributed by atoms with Crippen LogP contribution in [0.1, 0.15) is 13.3 Å². The third-order valence-electron chi connectivity index (χ3n) is 0.780. The van der Waals surface area contributed by atoms with Crippen molar-refractivity contribution in [1.29, 1.82) is 0 Å². The van der Waals surface area contributed by atoms with Crippen LogP contribution in [0.15, 0.2) is 0 Å². The Labute approximate surface area is 50.8 Å². The third-order valence-corrected chi connectivity index (χ3v) is 0.780. The van der Waals surface area contributed by atoms with Gasteiger partial charge in [0.05, 0.1) is 13.2 Å². The van der Waals surface area contributed by atoms with Crippen molar-refractivity contribution in [3.05, 3.63) is 0 Å². The zero-order valence-corrected chi connectivity index (χ0v) is 5.64. The van der Waals surface area contributed by atoms with Crippen LogP contribution in [-0.2, 0) is 9.47 Å². The number of hydrogen-bond donors (Lipinski definition) is 0. The van der Waals surface area contributed by atoms with Crippen molar-refractivity contribution in [3.8, 4) is 0 Å². The van der Waals surface area contributed by atoms with E-state index in [4.69, 9.17) is 9.47 Å². The molecule has 2 nitrogen and oxygen atoms in total. The highest BCUT2D eigenvalue weighted by atomic mass is 16.5. The largest absolute Gasteiger partial charge is 0.382 e. The molecule has 0 spiro atoms. The lowest BCUT2D eigenvalue weighted by molar-refractivity contribution is 0.0710. The Kier molecular flexibility index (Phi) is 6.85. The molecule has 0 rings (SSSR count). The molecule has 0 heterocycles. The first-order chi connectivity index (χ1) is 3.91. The van der Waals surface area contributed by atoms with Gasteiger partial charge in [-0.2, -0.15) is 0 Å². The molecule has 0 bridgehead atoms. The van der Waals surface area contributed by atoms with Crippen molar-refractivity contribution >= 4 is 0 Å². The lowest BCUT2D eigenvalue weighted by atomic mass is 10.5. The van der Waals surface area contributed by atoms with Crippen molar-refractivity contribution in [2.45, 2.75) is 13.3 Å². The summed E-state index contributed by atoms with van der Waals surface area (Å²) in [7, 11) is 1.68. The number of methoxy groups -OCH3 is 1. The summed E-state index contributed by atoms with van der Waals surface area (Å²) in [6.07, 6.45) is 1.09. The second-order valence-corrected chi connectivity index (χ2v) is 1.61. The highest BCUT2D eigenvalue weighted by Crippen LogP contribution is 1.78. The molecule has 0 atom stereocenters. The van der Waals surface area contributed by atoms with E-state index in [2.05, 4.69) is 6.92 Å². The average Bonchev–Trinajstić information content (AvgIpc) is 1.81. The molecule has 0 aromatic carbocycles. The fourth-order valence-corrected chi connectivity index (χ4v) is 0.389. The van der Waals surface area contributed by atoms with Gasteiger partial charge in [-0.15, -0.1) is 0 Å². The first-order valence-electron chi connectivity index (χ1n) is 2.98. The molecule has 50 valence electrons. The van der Waals surface area contributed by atoms with Gasteiger partial charge >= 0.3 is 0 Å². The minimum Gasteiger partial charge on any atom is -0.382 e. The van der Waals surface area contributed by atoms with E-state index in [1.165, 1.54) is 0 Å². The van der Waals surface area contributed by atoms with E-state index in [1.807, 2.05) is 0 Å². The standard InChI is InChI=1S/C6H14O2/c1-3-4-8-6-5-7-2/h3-6H2,1-2H3. The predicted molar refractivity (Wildman–Crippen MR) is 33.0 cm³/mol. The van der Waals surface area contributed by atoms with Gasteiger partial charge in [-0.25, -0.2) is 0 Å². The second-order valence-electron chi connectivity index (χ2n) is 1.61. The Morgan fingerprint density at radius 3 is 2.38 bits per heavy atom. The van der Waals surface area contributed by atoms with Gasteiger partial charge in [0.1, 0.15) is 0 Å². The number of hydrogen-bond acceptors (Lipinski definition) is 2. The summed E-state index contributed by atoms with van der Waals surface area (Å²) in [6.45, 7) is 4.38. The molecule has 8 heavy (non-hydrogen) atoms. The number of rotatable bonds is 5. The van der Waals surface area contributed by atoms with Crippen LogP contribution < -0.4 is 0 Å². The van der Waals surface area contributed by atoms with Gasteiger partial charge in [0.15, 0.2) is 0 Å². The van der Waals surface area contributed by atoms with E-state index in [9.17, 15) is 0 Å². The summed E-state index contributed by atoms with van der Waals surface area (Å²) >= 11 is 0. The van der Waals surface area contributed by atoms with E-state index in [1.54, 1.807) is 7.11 Å². The molecular weight excluding hydrogens is 104 g/mol. The molecule has 0 unspecified atom stereocenters. The quantitative estimate of drug-likeness (QED) is 0.502. The summed E-state index contributed by atoms with van der Waals surface area (Å²) < 4.78 is 9.86. The van der Waals surface area contributed by atoms with E-state index in [0.717, 1.165) is 19.6 Å². The predicted octanol–water partition coefficient (Wildman–Crippen LogP) is 1.06. The normalized spacial score (nSPS) is 9.75. The molecule has 0 radical (unpaired) electrons. The Hall–Kier alpha value is -0.0800. The molecule has 0 fully saturated rings. The van der Waals surface area contributed by atoms with E-state index >= 15 is 0 Å². The molecular formula is C6H14O2. The van der Waals surface area contributed by atoms with Gasteiger partial charge < -0.3 is 9.47 Å². The van der Waals surface area contributed by atoms with Crippen LogP contribution in [-0.4, -0.2) is 26.9 Å². The van der Waals surface area contributed by atoms with Gasteiger partial charge in [-0.1, -0.05) is 6.92 Å². The Bertz CT molecular complexity index is 31.5. The summed E-state index contributed by atoms with van der Waals surface area (Å²) in [5, 5.41) is 0. The third kappa shape index (κ3) is 5.92. The maximum absolute atomic E-state index is 5.10. The lowest BCUT2D eigenvalue weighted by Crippen LogP contribution is -2.01. The average molecular weight is 118 g/mol. The maximum Gasteiger partial charge on any atom is 0.0700 e. The molecule has 0 aliphatic carbocycles. The summed E-state index contributed by atoms with van der Waals surface area (Å²) in [4.78, 5) is 0. The zero-order valence-electron chi connectivity index (χ0n) is 5.64. The minimum absolute atomic E-state index is 0.708. The Morgan fingerprint density at radius 2 is 1.88 bits per heavy atom. The summed E-state index contributed by atoms with van der Waals surface area (Å²) in [5.41, 5.74) is 0. The lowest BCUT2D eigenvalue weighted by Gasteiger charge is -1.98. The van der Waals surface area contributed by atoms with Crippen LogP contribution in [0.4, 0.5) is 0 Å². The second kappa shape index (κ2) is 6.92. The summed E-state index contributed by atoms with van der Waals surface area (Å²) in [6, 6.07) is 0. The van der Waals surface area contributed by atoms with Gasteiger partial charge in [0.25, 0.3) is 0 Å². The maximum atomic E-state index is 5.10.